The van der Waals surface area contributed by atoms with Gasteiger partial charge in [-0.3, -0.25) is 9.69 Å². The van der Waals surface area contributed by atoms with Crippen LogP contribution in [0.5, 0.6) is 0 Å². The average molecular weight is 458 g/mol. The zero-order valence-corrected chi connectivity index (χ0v) is 19.8. The van der Waals surface area contributed by atoms with Crippen LogP contribution in [0.1, 0.15) is 33.5 Å². The molecule has 2 aliphatic rings. The van der Waals surface area contributed by atoms with Gasteiger partial charge < -0.3 is 10.2 Å². The fraction of sp³-hybridized carbons (Fsp3) is 0.345. The van der Waals surface area contributed by atoms with Crippen LogP contribution in [0.3, 0.4) is 0 Å². The first-order valence-corrected chi connectivity index (χ1v) is 12.2. The molecular formula is C29H32FN3O. The van der Waals surface area contributed by atoms with Crippen LogP contribution >= 0.6 is 0 Å². The highest BCUT2D eigenvalue weighted by atomic mass is 19.1. The maximum absolute atomic E-state index is 13.2. The predicted octanol–water partition coefficient (Wildman–Crippen LogP) is 4.53. The van der Waals surface area contributed by atoms with Crippen molar-refractivity contribution in [1.29, 1.82) is 0 Å². The van der Waals surface area contributed by atoms with Crippen molar-refractivity contribution < 1.29 is 9.18 Å². The largest absolute Gasteiger partial charge is 0.349 e. The molecule has 1 unspecified atom stereocenters. The predicted molar refractivity (Wildman–Crippen MR) is 134 cm³/mol. The molecule has 34 heavy (non-hydrogen) atoms. The minimum atomic E-state index is -0.250. The lowest BCUT2D eigenvalue weighted by Gasteiger charge is -2.32. The summed E-state index contributed by atoms with van der Waals surface area (Å²) in [6.45, 7) is 5.57. The van der Waals surface area contributed by atoms with Crippen molar-refractivity contribution in [2.45, 2.75) is 31.8 Å². The number of nitrogens with zero attached hydrogens (tertiary/aromatic N) is 2. The summed E-state index contributed by atoms with van der Waals surface area (Å²) in [6.07, 6.45) is 2.84. The fourth-order valence-corrected chi connectivity index (χ4v) is 5.02. The van der Waals surface area contributed by atoms with Crippen LogP contribution in [-0.4, -0.2) is 55.0 Å². The molecule has 0 spiro atoms. The van der Waals surface area contributed by atoms with E-state index in [-0.39, 0.29) is 17.8 Å². The monoisotopic (exact) mass is 457 g/mol. The van der Waals surface area contributed by atoms with Gasteiger partial charge >= 0.3 is 0 Å². The van der Waals surface area contributed by atoms with Crippen LogP contribution in [-0.2, 0) is 19.4 Å². The number of fused-ring (bicyclic) bond motifs is 1. The Morgan fingerprint density at radius 1 is 0.912 bits per heavy atom. The minimum Gasteiger partial charge on any atom is -0.349 e. The van der Waals surface area contributed by atoms with E-state index in [1.807, 2.05) is 24.3 Å². The van der Waals surface area contributed by atoms with Crippen molar-refractivity contribution in [2.24, 2.45) is 0 Å². The van der Waals surface area contributed by atoms with Gasteiger partial charge in [-0.1, -0.05) is 42.5 Å². The standard InChI is InChI=1S/C29H32FN3O/c1-32-14-16-33(17-15-32)20-21-2-3-26-19-28(13-10-25(26)18-21)31-29(34)24-6-4-22(5-7-24)23-8-11-27(30)12-9-23/h2-9,11-12,18,28H,10,13-17,19-20H2,1H3,(H,31,34). The number of rotatable bonds is 5. The molecule has 176 valence electrons. The number of carbonyl (C=O) groups is 1. The number of halogens is 1. The Hall–Kier alpha value is -3.02. The maximum Gasteiger partial charge on any atom is 0.251 e. The number of nitrogens with one attached hydrogen (secondary N) is 1. The molecule has 5 rings (SSSR count). The molecule has 1 saturated heterocycles. The second-order valence-electron chi connectivity index (χ2n) is 9.68. The lowest BCUT2D eigenvalue weighted by Crippen LogP contribution is -2.43. The van der Waals surface area contributed by atoms with E-state index in [0.717, 1.165) is 63.1 Å². The van der Waals surface area contributed by atoms with E-state index in [9.17, 15) is 9.18 Å². The maximum atomic E-state index is 13.2. The van der Waals surface area contributed by atoms with Crippen molar-refractivity contribution in [2.75, 3.05) is 33.2 Å². The van der Waals surface area contributed by atoms with Crippen LogP contribution in [0.2, 0.25) is 0 Å². The van der Waals surface area contributed by atoms with E-state index >= 15 is 0 Å². The summed E-state index contributed by atoms with van der Waals surface area (Å²) in [5.41, 5.74) is 6.73. The van der Waals surface area contributed by atoms with Crippen LogP contribution < -0.4 is 5.32 Å². The van der Waals surface area contributed by atoms with Crippen LogP contribution in [0.4, 0.5) is 4.39 Å². The van der Waals surface area contributed by atoms with Gasteiger partial charge in [0.15, 0.2) is 0 Å². The molecule has 1 atom stereocenters. The van der Waals surface area contributed by atoms with Gasteiger partial charge in [-0.2, -0.15) is 0 Å². The minimum absolute atomic E-state index is 0.0363. The number of aryl methyl sites for hydroxylation is 1. The van der Waals surface area contributed by atoms with Gasteiger partial charge in [0.25, 0.3) is 5.91 Å². The number of hydrogen-bond acceptors (Lipinski definition) is 3. The van der Waals surface area contributed by atoms with Gasteiger partial charge in [0.05, 0.1) is 0 Å². The lowest BCUT2D eigenvalue weighted by atomic mass is 9.87. The third-order valence-corrected chi connectivity index (χ3v) is 7.16. The molecule has 1 aliphatic carbocycles. The molecule has 1 fully saturated rings. The number of likely N-dealkylation sites (N-methyl/N-ethyl adjacent to an activating group) is 1. The summed E-state index contributed by atoms with van der Waals surface area (Å²) < 4.78 is 13.2. The third-order valence-electron chi connectivity index (χ3n) is 7.16. The summed E-state index contributed by atoms with van der Waals surface area (Å²) in [5.74, 6) is -0.286. The molecule has 4 nitrogen and oxygen atoms in total. The Labute approximate surface area is 201 Å². The first-order valence-electron chi connectivity index (χ1n) is 12.2. The quantitative estimate of drug-likeness (QED) is 0.612. The molecule has 3 aromatic rings. The Bertz CT molecular complexity index is 1140. The second kappa shape index (κ2) is 10.1. The molecule has 1 heterocycles. The second-order valence-corrected chi connectivity index (χ2v) is 9.68. The van der Waals surface area contributed by atoms with Crippen molar-refractivity contribution in [1.82, 2.24) is 15.1 Å². The van der Waals surface area contributed by atoms with Gasteiger partial charge in [-0.25, -0.2) is 4.39 Å². The van der Waals surface area contributed by atoms with Crippen LogP contribution in [0.25, 0.3) is 11.1 Å². The summed E-state index contributed by atoms with van der Waals surface area (Å²) in [7, 11) is 2.19. The van der Waals surface area contributed by atoms with Crippen molar-refractivity contribution in [3.05, 3.63) is 94.8 Å². The van der Waals surface area contributed by atoms with Gasteiger partial charge in [0.1, 0.15) is 5.82 Å². The molecule has 0 aromatic heterocycles. The van der Waals surface area contributed by atoms with E-state index in [1.54, 1.807) is 12.1 Å². The molecule has 0 saturated carbocycles. The Morgan fingerprint density at radius 3 is 2.29 bits per heavy atom. The van der Waals surface area contributed by atoms with E-state index in [1.165, 1.54) is 28.8 Å². The van der Waals surface area contributed by atoms with Gasteiger partial charge in [-0.05, 0) is 78.4 Å². The number of carbonyl (C=O) groups excluding carboxylic acids is 1. The molecule has 1 aliphatic heterocycles. The fourth-order valence-electron chi connectivity index (χ4n) is 5.02. The smallest absolute Gasteiger partial charge is 0.251 e. The molecular weight excluding hydrogens is 425 g/mol. The highest BCUT2D eigenvalue weighted by Gasteiger charge is 2.22. The lowest BCUT2D eigenvalue weighted by molar-refractivity contribution is 0.0933. The summed E-state index contributed by atoms with van der Waals surface area (Å²) in [4.78, 5) is 17.8. The number of hydrogen-bond donors (Lipinski definition) is 1. The molecule has 0 radical (unpaired) electrons. The van der Waals surface area contributed by atoms with E-state index in [4.69, 9.17) is 0 Å². The first kappa shape index (κ1) is 22.8. The normalized spacial score (nSPS) is 18.9. The van der Waals surface area contributed by atoms with E-state index < -0.39 is 0 Å². The number of amides is 1. The molecule has 5 heteroatoms. The summed E-state index contributed by atoms with van der Waals surface area (Å²) in [5, 5.41) is 3.23. The molecule has 1 amide bonds. The van der Waals surface area contributed by atoms with Crippen molar-refractivity contribution in [3.63, 3.8) is 0 Å². The number of piperazine rings is 1. The highest BCUT2D eigenvalue weighted by molar-refractivity contribution is 5.94. The molecule has 3 aromatic carbocycles. The van der Waals surface area contributed by atoms with Crippen molar-refractivity contribution >= 4 is 5.91 Å². The summed E-state index contributed by atoms with van der Waals surface area (Å²) in [6, 6.07) is 21.0. The van der Waals surface area contributed by atoms with Crippen molar-refractivity contribution in [3.8, 4) is 11.1 Å². The third kappa shape index (κ3) is 5.37. The Morgan fingerprint density at radius 2 is 1.59 bits per heavy atom. The Balaban J connectivity index is 1.17. The topological polar surface area (TPSA) is 35.6 Å². The van der Waals surface area contributed by atoms with Crippen LogP contribution in [0.15, 0.2) is 66.7 Å². The molecule has 1 N–H and O–H groups in total. The van der Waals surface area contributed by atoms with Gasteiger partial charge in [0.2, 0.25) is 0 Å². The zero-order valence-electron chi connectivity index (χ0n) is 19.8. The van der Waals surface area contributed by atoms with E-state index in [0.29, 0.717) is 5.56 Å². The highest BCUT2D eigenvalue weighted by Crippen LogP contribution is 2.25. The van der Waals surface area contributed by atoms with Gasteiger partial charge in [0, 0.05) is 44.3 Å². The van der Waals surface area contributed by atoms with Gasteiger partial charge in [-0.15, -0.1) is 0 Å². The summed E-state index contributed by atoms with van der Waals surface area (Å²) >= 11 is 0. The molecule has 0 bridgehead atoms. The number of benzene rings is 3. The van der Waals surface area contributed by atoms with E-state index in [2.05, 4.69) is 40.4 Å². The van der Waals surface area contributed by atoms with Crippen LogP contribution in [0, 0.1) is 5.82 Å². The average Bonchev–Trinajstić information content (AvgIpc) is 2.86. The zero-order chi connectivity index (χ0) is 23.5. The SMILES string of the molecule is CN1CCN(Cc2ccc3c(c2)CCC(NC(=O)c2ccc(-c4ccc(F)cc4)cc2)C3)CC1. The Kier molecular flexibility index (Phi) is 6.75. The first-order chi connectivity index (χ1) is 16.5.